The molecule has 0 spiro atoms. The molecule has 3 heterocycles. The van der Waals surface area contributed by atoms with E-state index in [0.29, 0.717) is 6.04 Å². The summed E-state index contributed by atoms with van der Waals surface area (Å²) in [4.78, 5) is 18.1. The number of hydrogen-bond acceptors (Lipinski definition) is 4. The molecule has 1 amide bonds. The second kappa shape index (κ2) is 10.0. The highest BCUT2D eigenvalue weighted by Crippen LogP contribution is 2.31. The normalized spacial score (nSPS) is 22.7. The van der Waals surface area contributed by atoms with Crippen molar-refractivity contribution in [2.75, 3.05) is 37.7 Å². The summed E-state index contributed by atoms with van der Waals surface area (Å²) >= 11 is 1.94. The molecule has 1 aromatic heterocycles. The third kappa shape index (κ3) is 4.62. The van der Waals surface area contributed by atoms with E-state index < -0.39 is 0 Å². The van der Waals surface area contributed by atoms with E-state index in [-0.39, 0.29) is 5.91 Å². The van der Waals surface area contributed by atoms with Gasteiger partial charge in [0, 0.05) is 48.4 Å². The van der Waals surface area contributed by atoms with Crippen LogP contribution in [0.25, 0.3) is 0 Å². The van der Waals surface area contributed by atoms with E-state index in [2.05, 4.69) is 46.8 Å². The molecule has 6 heteroatoms. The molecule has 1 aromatic carbocycles. The van der Waals surface area contributed by atoms with E-state index in [9.17, 15) is 4.79 Å². The molecule has 1 atom stereocenters. The summed E-state index contributed by atoms with van der Waals surface area (Å²) < 4.78 is 2.10. The van der Waals surface area contributed by atoms with E-state index in [0.717, 1.165) is 55.6 Å². The number of aryl methyl sites for hydroxylation is 1. The van der Waals surface area contributed by atoms with Gasteiger partial charge < -0.3 is 9.80 Å². The maximum Gasteiger partial charge on any atom is 0.274 e. The van der Waals surface area contributed by atoms with Crippen molar-refractivity contribution in [3.63, 3.8) is 0 Å². The molecule has 5 nitrogen and oxygen atoms in total. The van der Waals surface area contributed by atoms with Gasteiger partial charge in [-0.2, -0.15) is 16.9 Å². The van der Waals surface area contributed by atoms with Gasteiger partial charge in [0.15, 0.2) is 5.69 Å². The molecule has 1 unspecified atom stereocenters. The summed E-state index contributed by atoms with van der Waals surface area (Å²) in [5.74, 6) is 3.05. The zero-order valence-corrected chi connectivity index (χ0v) is 20.2. The predicted octanol–water partition coefficient (Wildman–Crippen LogP) is 3.90. The maximum atomic E-state index is 13.3. The fourth-order valence-corrected chi connectivity index (χ4v) is 6.70. The van der Waals surface area contributed by atoms with Gasteiger partial charge in [0.25, 0.3) is 5.91 Å². The molecule has 0 saturated carbocycles. The van der Waals surface area contributed by atoms with Crippen LogP contribution < -0.4 is 0 Å². The number of fused-ring (bicyclic) bond motifs is 1. The SMILES string of the molecule is CCn1nc(C(=O)N2CCSCC2)c2c1CCC(N1CCC(Cc3ccccc3)CC1)C2. The third-order valence-electron chi connectivity index (χ3n) is 7.65. The summed E-state index contributed by atoms with van der Waals surface area (Å²) in [7, 11) is 0. The highest BCUT2D eigenvalue weighted by Gasteiger charge is 2.34. The highest BCUT2D eigenvalue weighted by molar-refractivity contribution is 7.99. The van der Waals surface area contributed by atoms with Crippen LogP contribution in [0.5, 0.6) is 0 Å². The molecule has 2 aliphatic heterocycles. The van der Waals surface area contributed by atoms with E-state index in [1.165, 1.54) is 55.6 Å². The van der Waals surface area contributed by atoms with Gasteiger partial charge in [-0.05, 0) is 70.0 Å². The zero-order valence-electron chi connectivity index (χ0n) is 19.3. The number of likely N-dealkylation sites (tertiary alicyclic amines) is 1. The van der Waals surface area contributed by atoms with Crippen LogP contribution in [-0.4, -0.2) is 69.2 Å². The van der Waals surface area contributed by atoms with Crippen molar-refractivity contribution in [2.24, 2.45) is 5.92 Å². The molecule has 2 aromatic rings. The van der Waals surface area contributed by atoms with Crippen LogP contribution in [0.2, 0.25) is 0 Å². The van der Waals surface area contributed by atoms with E-state index >= 15 is 0 Å². The van der Waals surface area contributed by atoms with Crippen molar-refractivity contribution in [3.05, 3.63) is 52.8 Å². The van der Waals surface area contributed by atoms with Crippen LogP contribution in [0.4, 0.5) is 0 Å². The van der Waals surface area contributed by atoms with Crippen LogP contribution in [0.1, 0.15) is 53.5 Å². The van der Waals surface area contributed by atoms with E-state index in [1.807, 2.05) is 16.7 Å². The number of amides is 1. The first-order valence-electron chi connectivity index (χ1n) is 12.5. The van der Waals surface area contributed by atoms with Crippen LogP contribution in [0.3, 0.4) is 0 Å². The second-order valence-corrected chi connectivity index (χ2v) is 10.8. The number of aromatic nitrogens is 2. The summed E-state index contributed by atoms with van der Waals surface area (Å²) in [6.07, 6.45) is 7.00. The minimum Gasteiger partial charge on any atom is -0.336 e. The summed E-state index contributed by atoms with van der Waals surface area (Å²) in [6.45, 7) is 7.08. The fourth-order valence-electron chi connectivity index (χ4n) is 5.80. The zero-order chi connectivity index (χ0) is 21.9. The molecule has 5 rings (SSSR count). The quantitative estimate of drug-likeness (QED) is 0.690. The Hall–Kier alpha value is -1.79. The Kier molecular flexibility index (Phi) is 6.88. The summed E-state index contributed by atoms with van der Waals surface area (Å²) in [5.41, 5.74) is 4.78. The molecular weight excluding hydrogens is 416 g/mol. The van der Waals surface area contributed by atoms with Gasteiger partial charge in [-0.15, -0.1) is 0 Å². The predicted molar refractivity (Wildman–Crippen MR) is 131 cm³/mol. The molecule has 1 aliphatic carbocycles. The van der Waals surface area contributed by atoms with Gasteiger partial charge in [-0.25, -0.2) is 0 Å². The van der Waals surface area contributed by atoms with E-state index in [1.54, 1.807) is 0 Å². The maximum absolute atomic E-state index is 13.3. The number of rotatable bonds is 5. The van der Waals surface area contributed by atoms with Gasteiger partial charge >= 0.3 is 0 Å². The first kappa shape index (κ1) is 22.0. The smallest absolute Gasteiger partial charge is 0.274 e. The Labute approximate surface area is 196 Å². The Bertz CT molecular complexity index is 913. The lowest BCUT2D eigenvalue weighted by molar-refractivity contribution is 0.0762. The van der Waals surface area contributed by atoms with E-state index in [4.69, 9.17) is 5.10 Å². The molecule has 3 aliphatic rings. The molecule has 0 bridgehead atoms. The number of nitrogens with zero attached hydrogens (tertiary/aromatic N) is 4. The van der Waals surface area contributed by atoms with Crippen LogP contribution in [0.15, 0.2) is 30.3 Å². The van der Waals surface area contributed by atoms with Crippen molar-refractivity contribution < 1.29 is 4.79 Å². The van der Waals surface area contributed by atoms with Crippen molar-refractivity contribution >= 4 is 17.7 Å². The lowest BCUT2D eigenvalue weighted by Gasteiger charge is -2.39. The minimum absolute atomic E-state index is 0.163. The molecule has 0 N–H and O–H groups in total. The van der Waals surface area contributed by atoms with Gasteiger partial charge in [0.2, 0.25) is 0 Å². The molecule has 0 radical (unpaired) electrons. The summed E-state index contributed by atoms with van der Waals surface area (Å²) in [6, 6.07) is 11.5. The Morgan fingerprint density at radius 1 is 1.06 bits per heavy atom. The fraction of sp³-hybridized carbons (Fsp3) is 0.615. The second-order valence-electron chi connectivity index (χ2n) is 9.56. The number of piperidine rings is 1. The number of hydrogen-bond donors (Lipinski definition) is 0. The number of thioether (sulfide) groups is 1. The van der Waals surface area contributed by atoms with Crippen molar-refractivity contribution in [1.82, 2.24) is 19.6 Å². The van der Waals surface area contributed by atoms with Gasteiger partial charge in [-0.1, -0.05) is 30.3 Å². The summed E-state index contributed by atoms with van der Waals surface area (Å²) in [5, 5.41) is 4.82. The molecule has 2 saturated heterocycles. The Morgan fingerprint density at radius 2 is 1.81 bits per heavy atom. The lowest BCUT2D eigenvalue weighted by atomic mass is 9.86. The molecule has 172 valence electrons. The molecule has 32 heavy (non-hydrogen) atoms. The van der Waals surface area contributed by atoms with Crippen LogP contribution in [-0.2, 0) is 25.8 Å². The first-order chi connectivity index (χ1) is 15.7. The number of benzene rings is 1. The minimum atomic E-state index is 0.163. The number of carbonyl (C=O) groups excluding carboxylic acids is 1. The van der Waals surface area contributed by atoms with Crippen molar-refractivity contribution in [2.45, 2.75) is 58.0 Å². The van der Waals surface area contributed by atoms with Gasteiger partial charge in [0.1, 0.15) is 0 Å². The van der Waals surface area contributed by atoms with Gasteiger partial charge in [0.05, 0.1) is 0 Å². The molecular formula is C26H36N4OS. The average Bonchev–Trinajstić information content (AvgIpc) is 3.23. The average molecular weight is 453 g/mol. The Balaban J connectivity index is 1.25. The first-order valence-corrected chi connectivity index (χ1v) is 13.6. The largest absolute Gasteiger partial charge is 0.336 e. The van der Waals surface area contributed by atoms with Crippen LogP contribution >= 0.6 is 11.8 Å². The molecule has 2 fully saturated rings. The standard InChI is InChI=1S/C26H36N4OS/c1-2-30-24-9-8-22(19-23(24)25(27-30)26(31)29-14-16-32-17-15-29)28-12-10-21(11-13-28)18-20-6-4-3-5-7-20/h3-7,21-22H,2,8-19H2,1H3. The van der Waals surface area contributed by atoms with Crippen molar-refractivity contribution in [3.8, 4) is 0 Å². The third-order valence-corrected chi connectivity index (χ3v) is 8.60. The number of carbonyl (C=O) groups is 1. The van der Waals surface area contributed by atoms with Crippen molar-refractivity contribution in [1.29, 1.82) is 0 Å². The monoisotopic (exact) mass is 452 g/mol. The lowest BCUT2D eigenvalue weighted by Crippen LogP contribution is -2.45. The topological polar surface area (TPSA) is 41.4 Å². The highest BCUT2D eigenvalue weighted by atomic mass is 32.2. The Morgan fingerprint density at radius 3 is 2.53 bits per heavy atom. The van der Waals surface area contributed by atoms with Gasteiger partial charge in [-0.3, -0.25) is 9.48 Å². The van der Waals surface area contributed by atoms with Crippen LogP contribution in [0, 0.1) is 5.92 Å².